The summed E-state index contributed by atoms with van der Waals surface area (Å²) in [4.78, 5) is 13.2. The van der Waals surface area contributed by atoms with E-state index in [4.69, 9.17) is 5.73 Å². The zero-order valence-electron chi connectivity index (χ0n) is 19.2. The molecule has 0 bridgehead atoms. The van der Waals surface area contributed by atoms with Crippen LogP contribution in [0, 0.1) is 5.92 Å². The fourth-order valence-electron chi connectivity index (χ4n) is 4.37. The number of hydrogen-bond donors (Lipinski definition) is 1. The monoisotopic (exact) mass is 445 g/mol. The number of ketones is 1. The Hall–Kier alpha value is -2.36. The number of carbonyl (C=O) groups is 1. The molecule has 2 nitrogen and oxygen atoms in total. The minimum atomic E-state index is -0.475. The first-order chi connectivity index (χ1) is 15.6. The summed E-state index contributed by atoms with van der Waals surface area (Å²) in [5.74, 6) is 0.835. The Kier molecular flexibility index (Phi) is 9.13. The van der Waals surface area contributed by atoms with Crippen molar-refractivity contribution < 1.29 is 4.79 Å². The normalized spacial score (nSPS) is 13.5. The molecule has 0 aromatic heterocycles. The van der Waals surface area contributed by atoms with Gasteiger partial charge in [0.25, 0.3) is 0 Å². The average molecular weight is 446 g/mol. The number of Topliss-reactive ketones (excluding diaryl/α,β-unsaturated/α-hetero) is 1. The second-order valence-corrected chi connectivity index (χ2v) is 9.58. The molecule has 0 fully saturated rings. The Labute approximate surface area is 197 Å². The molecule has 3 rings (SSSR count). The molecule has 2 atom stereocenters. The lowest BCUT2D eigenvalue weighted by atomic mass is 9.84. The molecule has 0 saturated heterocycles. The molecule has 32 heavy (non-hydrogen) atoms. The van der Waals surface area contributed by atoms with E-state index < -0.39 is 10.8 Å². The predicted molar refractivity (Wildman–Crippen MR) is 138 cm³/mol. The summed E-state index contributed by atoms with van der Waals surface area (Å²) >= 11 is 1.77. The summed E-state index contributed by atoms with van der Waals surface area (Å²) in [6.07, 6.45) is 3.97. The summed E-state index contributed by atoms with van der Waals surface area (Å²) in [5, 5.41) is 0. The third-order valence-corrected chi connectivity index (χ3v) is 7.85. The summed E-state index contributed by atoms with van der Waals surface area (Å²) in [6.45, 7) is 4.27. The highest BCUT2D eigenvalue weighted by molar-refractivity contribution is 8.00. The van der Waals surface area contributed by atoms with Crippen LogP contribution in [0.5, 0.6) is 0 Å². The average Bonchev–Trinajstić information content (AvgIpc) is 2.86. The van der Waals surface area contributed by atoms with Gasteiger partial charge in [-0.1, -0.05) is 118 Å². The number of unbranched alkanes of at least 4 members (excludes halogenated alkanes) is 1. The minimum absolute atomic E-state index is 0.0603. The van der Waals surface area contributed by atoms with Crippen molar-refractivity contribution in [2.75, 3.05) is 5.75 Å². The van der Waals surface area contributed by atoms with Crippen LogP contribution in [0.1, 0.15) is 56.2 Å². The van der Waals surface area contributed by atoms with Crippen LogP contribution in [-0.4, -0.2) is 17.6 Å². The van der Waals surface area contributed by atoms with Crippen molar-refractivity contribution >= 4 is 17.5 Å². The third-order valence-electron chi connectivity index (χ3n) is 6.19. The lowest BCUT2D eigenvalue weighted by molar-refractivity contribution is -0.124. The summed E-state index contributed by atoms with van der Waals surface area (Å²) in [7, 11) is 0. The molecule has 0 aliphatic rings. The van der Waals surface area contributed by atoms with E-state index in [9.17, 15) is 4.79 Å². The Morgan fingerprint density at radius 2 is 1.25 bits per heavy atom. The van der Waals surface area contributed by atoms with Crippen molar-refractivity contribution in [1.82, 2.24) is 0 Å². The highest BCUT2D eigenvalue weighted by Gasteiger charge is 2.38. The van der Waals surface area contributed by atoms with Gasteiger partial charge in [-0.2, -0.15) is 0 Å². The van der Waals surface area contributed by atoms with Crippen LogP contribution < -0.4 is 5.73 Å². The Morgan fingerprint density at radius 3 is 1.62 bits per heavy atom. The van der Waals surface area contributed by atoms with Crippen molar-refractivity contribution in [3.05, 3.63) is 108 Å². The molecule has 0 heterocycles. The van der Waals surface area contributed by atoms with E-state index in [1.165, 1.54) is 16.7 Å². The topological polar surface area (TPSA) is 43.1 Å². The van der Waals surface area contributed by atoms with Crippen LogP contribution >= 0.6 is 11.8 Å². The standard InChI is InChI=1S/C29H35NOS/c1-3-5-15-23(4-2)28(31)27(30)22-32-29(24-16-9-6-10-17-24,25-18-11-7-12-19-25)26-20-13-8-14-21-26/h6-14,16-21,23,27H,3-5,15,22,30H2,1-2H3. The van der Waals surface area contributed by atoms with Gasteiger partial charge in [-0.05, 0) is 29.5 Å². The molecule has 3 heteroatoms. The lowest BCUT2D eigenvalue weighted by Gasteiger charge is -2.36. The van der Waals surface area contributed by atoms with E-state index in [-0.39, 0.29) is 11.7 Å². The molecule has 0 saturated carbocycles. The van der Waals surface area contributed by atoms with Gasteiger partial charge in [-0.15, -0.1) is 11.8 Å². The van der Waals surface area contributed by atoms with Crippen LogP contribution in [0.2, 0.25) is 0 Å². The first kappa shape index (κ1) is 24.3. The highest BCUT2D eigenvalue weighted by Crippen LogP contribution is 2.48. The van der Waals surface area contributed by atoms with Crippen LogP contribution in [0.15, 0.2) is 91.0 Å². The molecule has 0 aliphatic carbocycles. The van der Waals surface area contributed by atoms with E-state index in [0.717, 1.165) is 25.7 Å². The van der Waals surface area contributed by atoms with Crippen LogP contribution in [-0.2, 0) is 9.54 Å². The van der Waals surface area contributed by atoms with Gasteiger partial charge in [0, 0.05) is 11.7 Å². The Balaban J connectivity index is 1.99. The number of nitrogens with two attached hydrogens (primary N) is 1. The van der Waals surface area contributed by atoms with Crippen LogP contribution in [0.25, 0.3) is 0 Å². The molecule has 168 valence electrons. The molecule has 0 spiro atoms. The van der Waals surface area contributed by atoms with Crippen molar-refractivity contribution in [3.8, 4) is 0 Å². The van der Waals surface area contributed by atoms with Gasteiger partial charge in [0.05, 0.1) is 10.8 Å². The maximum absolute atomic E-state index is 13.2. The van der Waals surface area contributed by atoms with Crippen LogP contribution in [0.3, 0.4) is 0 Å². The smallest absolute Gasteiger partial charge is 0.153 e. The molecule has 0 aliphatic heterocycles. The number of hydrogen-bond acceptors (Lipinski definition) is 3. The van der Waals surface area contributed by atoms with E-state index in [1.54, 1.807) is 11.8 Å². The van der Waals surface area contributed by atoms with Gasteiger partial charge in [0.1, 0.15) is 0 Å². The predicted octanol–water partition coefficient (Wildman–Crippen LogP) is 6.82. The highest BCUT2D eigenvalue weighted by atomic mass is 32.2. The van der Waals surface area contributed by atoms with Crippen LogP contribution in [0.4, 0.5) is 0 Å². The minimum Gasteiger partial charge on any atom is -0.321 e. The summed E-state index contributed by atoms with van der Waals surface area (Å²) in [6, 6.07) is 31.2. The first-order valence-electron chi connectivity index (χ1n) is 11.7. The van der Waals surface area contributed by atoms with Crippen molar-refractivity contribution in [2.24, 2.45) is 11.7 Å². The SMILES string of the molecule is CCCCC(CC)C(=O)C(N)CSC(c1ccccc1)(c1ccccc1)c1ccccc1. The lowest BCUT2D eigenvalue weighted by Crippen LogP contribution is -2.39. The van der Waals surface area contributed by atoms with Gasteiger partial charge < -0.3 is 5.73 Å². The first-order valence-corrected chi connectivity index (χ1v) is 12.7. The quantitative estimate of drug-likeness (QED) is 0.311. The zero-order valence-corrected chi connectivity index (χ0v) is 20.1. The maximum Gasteiger partial charge on any atom is 0.153 e. The van der Waals surface area contributed by atoms with Crippen molar-refractivity contribution in [3.63, 3.8) is 0 Å². The van der Waals surface area contributed by atoms with Gasteiger partial charge in [0.15, 0.2) is 5.78 Å². The fraction of sp³-hybridized carbons (Fsp3) is 0.345. The van der Waals surface area contributed by atoms with Crippen molar-refractivity contribution in [1.29, 1.82) is 0 Å². The van der Waals surface area contributed by atoms with Gasteiger partial charge in [-0.25, -0.2) is 0 Å². The summed E-state index contributed by atoms with van der Waals surface area (Å²) < 4.78 is -0.438. The second-order valence-electron chi connectivity index (χ2n) is 8.35. The molecule has 2 unspecified atom stereocenters. The molecule has 2 N–H and O–H groups in total. The maximum atomic E-state index is 13.2. The Bertz CT molecular complexity index is 846. The van der Waals surface area contributed by atoms with Gasteiger partial charge in [0.2, 0.25) is 0 Å². The molecule has 0 amide bonds. The number of carbonyl (C=O) groups excluding carboxylic acids is 1. The molecule has 3 aromatic rings. The Morgan fingerprint density at radius 1 is 0.812 bits per heavy atom. The number of rotatable bonds is 12. The van der Waals surface area contributed by atoms with Gasteiger partial charge >= 0.3 is 0 Å². The van der Waals surface area contributed by atoms with E-state index in [1.807, 2.05) is 18.2 Å². The third kappa shape index (κ3) is 5.51. The molecule has 3 aromatic carbocycles. The number of thioether (sulfide) groups is 1. The second kappa shape index (κ2) is 12.0. The molecular weight excluding hydrogens is 410 g/mol. The zero-order chi connectivity index (χ0) is 22.8. The van der Waals surface area contributed by atoms with E-state index in [2.05, 4.69) is 86.6 Å². The van der Waals surface area contributed by atoms with Gasteiger partial charge in [-0.3, -0.25) is 4.79 Å². The van der Waals surface area contributed by atoms with E-state index in [0.29, 0.717) is 5.75 Å². The molecule has 0 radical (unpaired) electrons. The number of benzene rings is 3. The van der Waals surface area contributed by atoms with E-state index >= 15 is 0 Å². The largest absolute Gasteiger partial charge is 0.321 e. The fourth-order valence-corrected chi connectivity index (χ4v) is 5.87. The van der Waals surface area contributed by atoms with Crippen molar-refractivity contribution in [2.45, 2.75) is 50.3 Å². The molecular formula is C29H35NOS. The summed E-state index contributed by atoms with van der Waals surface area (Å²) in [5.41, 5.74) is 10.1.